The molecule has 128 valence electrons. The molecule has 1 aromatic heterocycles. The molecule has 1 aliphatic heterocycles. The fourth-order valence-corrected chi connectivity index (χ4v) is 4.10. The molecule has 3 rings (SSSR count). The Kier molecular flexibility index (Phi) is 4.96. The van der Waals surface area contributed by atoms with Crippen molar-refractivity contribution < 1.29 is 14.3 Å². The van der Waals surface area contributed by atoms with Gasteiger partial charge in [0, 0.05) is 11.4 Å². The van der Waals surface area contributed by atoms with Gasteiger partial charge >= 0.3 is 6.03 Å². The second-order valence-corrected chi connectivity index (χ2v) is 7.63. The SMILES string of the molecule is Cc1nc(C)c(C(C)NC(=O)NCc2cc(Br)c3c(c2)OCO3)s1. The van der Waals surface area contributed by atoms with Gasteiger partial charge in [-0.25, -0.2) is 9.78 Å². The smallest absolute Gasteiger partial charge is 0.315 e. The van der Waals surface area contributed by atoms with E-state index in [0.29, 0.717) is 18.0 Å². The number of amides is 2. The van der Waals surface area contributed by atoms with Crippen LogP contribution in [0.15, 0.2) is 16.6 Å². The van der Waals surface area contributed by atoms with Gasteiger partial charge in [-0.15, -0.1) is 11.3 Å². The summed E-state index contributed by atoms with van der Waals surface area (Å²) in [6.45, 7) is 6.49. The van der Waals surface area contributed by atoms with Gasteiger partial charge in [-0.3, -0.25) is 0 Å². The van der Waals surface area contributed by atoms with Crippen molar-refractivity contribution in [2.24, 2.45) is 0 Å². The maximum absolute atomic E-state index is 12.1. The quantitative estimate of drug-likeness (QED) is 0.801. The van der Waals surface area contributed by atoms with Crippen LogP contribution in [0, 0.1) is 13.8 Å². The monoisotopic (exact) mass is 411 g/mol. The number of carbonyl (C=O) groups is 1. The summed E-state index contributed by atoms with van der Waals surface area (Å²) < 4.78 is 11.5. The third kappa shape index (κ3) is 3.64. The number of nitrogens with zero attached hydrogens (tertiary/aromatic N) is 1. The molecule has 1 unspecified atom stereocenters. The third-order valence-corrected chi connectivity index (χ3v) is 5.46. The summed E-state index contributed by atoms with van der Waals surface area (Å²) in [5.74, 6) is 1.39. The van der Waals surface area contributed by atoms with E-state index < -0.39 is 0 Å². The van der Waals surface area contributed by atoms with Crippen LogP contribution in [0.1, 0.15) is 34.1 Å². The first-order valence-electron chi connectivity index (χ1n) is 7.50. The summed E-state index contributed by atoms with van der Waals surface area (Å²) in [6, 6.07) is 3.47. The van der Waals surface area contributed by atoms with Crippen molar-refractivity contribution in [1.29, 1.82) is 0 Å². The highest BCUT2D eigenvalue weighted by Crippen LogP contribution is 2.39. The molecule has 2 aromatic rings. The van der Waals surface area contributed by atoms with E-state index in [1.807, 2.05) is 32.9 Å². The Hall–Kier alpha value is -1.80. The lowest BCUT2D eigenvalue weighted by molar-refractivity contribution is 0.173. The first-order valence-corrected chi connectivity index (χ1v) is 9.11. The first kappa shape index (κ1) is 17.0. The van der Waals surface area contributed by atoms with Crippen molar-refractivity contribution in [2.75, 3.05) is 6.79 Å². The average molecular weight is 412 g/mol. The normalized spacial score (nSPS) is 13.7. The van der Waals surface area contributed by atoms with Crippen molar-refractivity contribution >= 4 is 33.3 Å². The fraction of sp³-hybridized carbons (Fsp3) is 0.375. The lowest BCUT2D eigenvalue weighted by Gasteiger charge is -2.14. The van der Waals surface area contributed by atoms with Crippen molar-refractivity contribution in [3.05, 3.63) is 37.7 Å². The molecule has 2 amide bonds. The van der Waals surface area contributed by atoms with Gasteiger partial charge in [0.1, 0.15) is 0 Å². The fourth-order valence-electron chi connectivity index (χ4n) is 2.57. The summed E-state index contributed by atoms with van der Waals surface area (Å²) in [6.07, 6.45) is 0. The van der Waals surface area contributed by atoms with Gasteiger partial charge in [0.2, 0.25) is 6.79 Å². The van der Waals surface area contributed by atoms with Gasteiger partial charge < -0.3 is 20.1 Å². The van der Waals surface area contributed by atoms with Crippen LogP contribution in [-0.2, 0) is 6.54 Å². The summed E-state index contributed by atoms with van der Waals surface area (Å²) in [4.78, 5) is 17.6. The highest BCUT2D eigenvalue weighted by Gasteiger charge is 2.19. The average Bonchev–Trinajstić information content (AvgIpc) is 3.11. The number of thiazole rings is 1. The van der Waals surface area contributed by atoms with Gasteiger partial charge in [0.15, 0.2) is 11.5 Å². The van der Waals surface area contributed by atoms with Crippen molar-refractivity contribution in [1.82, 2.24) is 15.6 Å². The van der Waals surface area contributed by atoms with Gasteiger partial charge in [0.05, 0.1) is 21.2 Å². The Labute approximate surface area is 152 Å². The highest BCUT2D eigenvalue weighted by atomic mass is 79.9. The largest absolute Gasteiger partial charge is 0.454 e. The molecule has 0 fully saturated rings. The summed E-state index contributed by atoms with van der Waals surface area (Å²) in [5.41, 5.74) is 1.89. The van der Waals surface area contributed by atoms with E-state index in [1.54, 1.807) is 11.3 Å². The topological polar surface area (TPSA) is 72.5 Å². The number of carbonyl (C=O) groups excluding carboxylic acids is 1. The van der Waals surface area contributed by atoms with E-state index in [2.05, 4.69) is 31.5 Å². The van der Waals surface area contributed by atoms with E-state index in [-0.39, 0.29) is 18.9 Å². The zero-order valence-electron chi connectivity index (χ0n) is 13.6. The summed E-state index contributed by atoms with van der Waals surface area (Å²) in [7, 11) is 0. The predicted octanol–water partition coefficient (Wildman–Crippen LogP) is 3.81. The maximum atomic E-state index is 12.1. The molecule has 8 heteroatoms. The molecule has 1 aromatic carbocycles. The first-order chi connectivity index (χ1) is 11.4. The molecule has 1 atom stereocenters. The number of nitrogens with one attached hydrogen (secondary N) is 2. The number of aromatic nitrogens is 1. The number of aryl methyl sites for hydroxylation is 2. The molecule has 0 spiro atoms. The number of ether oxygens (including phenoxy) is 2. The molecule has 2 N–H and O–H groups in total. The molecule has 1 aliphatic rings. The van der Waals surface area contributed by atoms with Crippen LogP contribution in [0.25, 0.3) is 0 Å². The minimum Gasteiger partial charge on any atom is -0.454 e. The summed E-state index contributed by atoms with van der Waals surface area (Å²) in [5, 5.41) is 6.80. The Morgan fingerprint density at radius 2 is 2.21 bits per heavy atom. The molecule has 2 heterocycles. The van der Waals surface area contributed by atoms with E-state index in [9.17, 15) is 4.79 Å². The molecule has 0 aliphatic carbocycles. The van der Waals surface area contributed by atoms with Crippen LogP contribution in [-0.4, -0.2) is 17.8 Å². The number of rotatable bonds is 4. The predicted molar refractivity (Wildman–Crippen MR) is 95.6 cm³/mol. The van der Waals surface area contributed by atoms with Crippen molar-refractivity contribution in [3.63, 3.8) is 0 Å². The molecule has 0 radical (unpaired) electrons. The van der Waals surface area contributed by atoms with Gasteiger partial charge in [-0.2, -0.15) is 0 Å². The lowest BCUT2D eigenvalue weighted by Crippen LogP contribution is -2.36. The molecular formula is C16H18BrN3O3S. The van der Waals surface area contributed by atoms with Crippen molar-refractivity contribution in [3.8, 4) is 11.5 Å². The Morgan fingerprint density at radius 1 is 1.42 bits per heavy atom. The van der Waals surface area contributed by atoms with E-state index in [0.717, 1.165) is 25.6 Å². The van der Waals surface area contributed by atoms with Crippen LogP contribution in [0.3, 0.4) is 0 Å². The Bertz CT molecular complexity index is 778. The number of urea groups is 1. The second kappa shape index (κ2) is 6.98. The van der Waals surface area contributed by atoms with Gasteiger partial charge in [0.25, 0.3) is 0 Å². The Balaban J connectivity index is 1.58. The van der Waals surface area contributed by atoms with E-state index in [4.69, 9.17) is 9.47 Å². The van der Waals surface area contributed by atoms with Crippen LogP contribution in [0.2, 0.25) is 0 Å². The van der Waals surface area contributed by atoms with Crippen LogP contribution >= 0.6 is 27.3 Å². The number of fused-ring (bicyclic) bond motifs is 1. The lowest BCUT2D eigenvalue weighted by atomic mass is 10.2. The van der Waals surface area contributed by atoms with Crippen molar-refractivity contribution in [2.45, 2.75) is 33.4 Å². The third-order valence-electron chi connectivity index (χ3n) is 3.62. The molecule has 6 nitrogen and oxygen atoms in total. The van der Waals surface area contributed by atoms with E-state index in [1.165, 1.54) is 0 Å². The van der Waals surface area contributed by atoms with Crippen LogP contribution in [0.5, 0.6) is 11.5 Å². The number of hydrogen-bond donors (Lipinski definition) is 2. The zero-order chi connectivity index (χ0) is 17.3. The van der Waals surface area contributed by atoms with Gasteiger partial charge in [-0.1, -0.05) is 0 Å². The highest BCUT2D eigenvalue weighted by molar-refractivity contribution is 9.10. The molecule has 0 saturated carbocycles. The molecule has 0 bridgehead atoms. The minimum absolute atomic E-state index is 0.0836. The molecular weight excluding hydrogens is 394 g/mol. The molecule has 24 heavy (non-hydrogen) atoms. The number of halogens is 1. The minimum atomic E-state index is -0.221. The maximum Gasteiger partial charge on any atom is 0.315 e. The molecule has 0 saturated heterocycles. The number of benzene rings is 1. The number of hydrogen-bond acceptors (Lipinski definition) is 5. The Morgan fingerprint density at radius 3 is 2.92 bits per heavy atom. The zero-order valence-corrected chi connectivity index (χ0v) is 16.0. The van der Waals surface area contributed by atoms with Crippen LogP contribution < -0.4 is 20.1 Å². The summed E-state index contributed by atoms with van der Waals surface area (Å²) >= 11 is 5.05. The standard InChI is InChI=1S/C16H18BrN3O3S/c1-8-15(24-10(3)19-8)9(2)20-16(21)18-6-11-4-12(17)14-13(5-11)22-7-23-14/h4-5,9H,6-7H2,1-3H3,(H2,18,20,21). The van der Waals surface area contributed by atoms with Gasteiger partial charge in [-0.05, 0) is 54.4 Å². The van der Waals surface area contributed by atoms with Crippen LogP contribution in [0.4, 0.5) is 4.79 Å². The second-order valence-electron chi connectivity index (χ2n) is 5.54. The van der Waals surface area contributed by atoms with E-state index >= 15 is 0 Å².